The van der Waals surface area contributed by atoms with Gasteiger partial charge in [0, 0.05) is 20.6 Å². The van der Waals surface area contributed by atoms with Crippen molar-refractivity contribution >= 4 is 37.4 Å². The van der Waals surface area contributed by atoms with Gasteiger partial charge in [-0.25, -0.2) is 30.3 Å². The van der Waals surface area contributed by atoms with Crippen LogP contribution in [0.2, 0.25) is 0 Å². The number of anilines is 2. The largest absolute Gasteiger partial charge is 0.465 e. The highest BCUT2D eigenvalue weighted by molar-refractivity contribution is 7.92. The third-order valence-corrected chi connectivity index (χ3v) is 7.69. The molecule has 0 amide bonds. The molecule has 2 N–H and O–H groups in total. The van der Waals surface area contributed by atoms with Crippen molar-refractivity contribution in [2.45, 2.75) is 29.6 Å². The van der Waals surface area contributed by atoms with Crippen molar-refractivity contribution in [2.24, 2.45) is 0 Å². The van der Waals surface area contributed by atoms with Gasteiger partial charge in [0.25, 0.3) is 10.0 Å². The summed E-state index contributed by atoms with van der Waals surface area (Å²) in [6.07, 6.45) is 1.67. The molecule has 0 spiro atoms. The van der Waals surface area contributed by atoms with E-state index < -0.39 is 36.7 Å². The number of benzene rings is 2. The molecule has 0 saturated carbocycles. The first kappa shape index (κ1) is 25.6. The van der Waals surface area contributed by atoms with Crippen LogP contribution in [0.25, 0.3) is 0 Å². The number of nitrogens with one attached hydrogen (secondary N) is 2. The number of unbranched alkanes of at least 4 members (excludes halogenated alkanes) is 1. The molecule has 0 radical (unpaired) electrons. The predicted molar refractivity (Wildman–Crippen MR) is 119 cm³/mol. The van der Waals surface area contributed by atoms with Crippen LogP contribution in [0.5, 0.6) is 0 Å². The van der Waals surface area contributed by atoms with Crippen LogP contribution >= 0.6 is 0 Å². The second-order valence-corrected chi connectivity index (χ2v) is 10.8. The first-order valence-electron chi connectivity index (χ1n) is 9.65. The third-order valence-electron chi connectivity index (χ3n) is 4.50. The number of sulfonamides is 2. The maximum Gasteiger partial charge on any atom is 0.337 e. The summed E-state index contributed by atoms with van der Waals surface area (Å²) in [5, 5.41) is 3.05. The monoisotopic (exact) mass is 487 g/mol. The minimum absolute atomic E-state index is 0.0769. The molecule has 0 aromatic heterocycles. The van der Waals surface area contributed by atoms with Gasteiger partial charge in [-0.2, -0.15) is 0 Å². The molecule has 0 heterocycles. The summed E-state index contributed by atoms with van der Waals surface area (Å²) in [7, 11) is -4.57. The quantitative estimate of drug-likeness (QED) is 0.390. The maximum atomic E-state index is 14.4. The normalized spacial score (nSPS) is 11.9. The molecular weight excluding hydrogens is 461 g/mol. The summed E-state index contributed by atoms with van der Waals surface area (Å²) in [6, 6.07) is 6.73. The molecule has 9 nitrogen and oxygen atoms in total. The third kappa shape index (κ3) is 5.75. The number of esters is 1. The minimum Gasteiger partial charge on any atom is -0.465 e. The highest BCUT2D eigenvalue weighted by Crippen LogP contribution is 2.30. The Morgan fingerprint density at radius 1 is 1.06 bits per heavy atom. The lowest BCUT2D eigenvalue weighted by atomic mass is 10.2. The molecule has 2 aromatic carbocycles. The van der Waals surface area contributed by atoms with Crippen molar-refractivity contribution in [3.05, 3.63) is 47.8 Å². The number of hydrogen-bond acceptors (Lipinski definition) is 7. The van der Waals surface area contributed by atoms with Crippen LogP contribution in [0.4, 0.5) is 15.8 Å². The van der Waals surface area contributed by atoms with Gasteiger partial charge in [-0.05, 0) is 42.8 Å². The van der Waals surface area contributed by atoms with Gasteiger partial charge in [0.05, 0.1) is 28.9 Å². The van der Waals surface area contributed by atoms with Gasteiger partial charge in [-0.3, -0.25) is 4.72 Å². The van der Waals surface area contributed by atoms with Crippen LogP contribution in [-0.4, -0.2) is 54.9 Å². The van der Waals surface area contributed by atoms with E-state index in [1.807, 2.05) is 6.92 Å². The smallest absolute Gasteiger partial charge is 0.337 e. The predicted octanol–water partition coefficient (Wildman–Crippen LogP) is 2.88. The number of carbonyl (C=O) groups is 1. The molecule has 0 atom stereocenters. The summed E-state index contributed by atoms with van der Waals surface area (Å²) in [5.41, 5.74) is 0.0932. The van der Waals surface area contributed by atoms with Gasteiger partial charge in [-0.15, -0.1) is 0 Å². The highest BCUT2D eigenvalue weighted by atomic mass is 32.2. The van der Waals surface area contributed by atoms with Crippen molar-refractivity contribution < 1.29 is 30.8 Å². The molecule has 0 fully saturated rings. The van der Waals surface area contributed by atoms with E-state index in [2.05, 4.69) is 14.8 Å². The van der Waals surface area contributed by atoms with Gasteiger partial charge >= 0.3 is 5.97 Å². The van der Waals surface area contributed by atoms with Crippen LogP contribution < -0.4 is 10.0 Å². The fourth-order valence-electron chi connectivity index (χ4n) is 2.69. The molecule has 0 unspecified atom stereocenters. The fraction of sp³-hybridized carbons (Fsp3) is 0.350. The van der Waals surface area contributed by atoms with Crippen LogP contribution in [0.1, 0.15) is 30.1 Å². The Kier molecular flexibility index (Phi) is 8.21. The summed E-state index contributed by atoms with van der Waals surface area (Å²) >= 11 is 0. The van der Waals surface area contributed by atoms with Gasteiger partial charge in [0.2, 0.25) is 10.0 Å². The molecule has 0 saturated heterocycles. The lowest BCUT2D eigenvalue weighted by molar-refractivity contribution is 0.0600. The zero-order chi connectivity index (χ0) is 24.1. The van der Waals surface area contributed by atoms with E-state index in [-0.39, 0.29) is 16.1 Å². The lowest BCUT2D eigenvalue weighted by Gasteiger charge is -2.18. The topological polar surface area (TPSA) is 122 Å². The van der Waals surface area contributed by atoms with Crippen molar-refractivity contribution in [1.29, 1.82) is 0 Å². The molecule has 2 rings (SSSR count). The molecule has 12 heteroatoms. The number of rotatable bonds is 10. The van der Waals surface area contributed by atoms with Crippen LogP contribution in [0.15, 0.2) is 46.2 Å². The number of nitrogens with zero attached hydrogens (tertiary/aromatic N) is 1. The Morgan fingerprint density at radius 3 is 2.34 bits per heavy atom. The highest BCUT2D eigenvalue weighted by Gasteiger charge is 2.25. The molecule has 0 aliphatic carbocycles. The van der Waals surface area contributed by atoms with Crippen LogP contribution in [-0.2, 0) is 24.8 Å². The number of carbonyl (C=O) groups excluding carboxylic acids is 1. The molecule has 2 aromatic rings. The number of ether oxygens (including phenoxy) is 1. The summed E-state index contributed by atoms with van der Waals surface area (Å²) in [6.45, 7) is 2.49. The van der Waals surface area contributed by atoms with Crippen molar-refractivity contribution in [2.75, 3.05) is 37.8 Å². The maximum absolute atomic E-state index is 14.4. The Morgan fingerprint density at radius 2 is 1.75 bits per heavy atom. The second kappa shape index (κ2) is 10.3. The molecule has 0 aliphatic rings. The second-order valence-electron chi connectivity index (χ2n) is 7.02. The summed E-state index contributed by atoms with van der Waals surface area (Å²) < 4.78 is 73.1. The fourth-order valence-corrected chi connectivity index (χ4v) is 4.79. The Labute approximate surface area is 187 Å². The van der Waals surface area contributed by atoms with E-state index in [0.717, 1.165) is 48.5 Å². The van der Waals surface area contributed by atoms with Gasteiger partial charge in [0.15, 0.2) is 0 Å². The molecular formula is C20H26FN3O6S2. The number of hydrogen-bond donors (Lipinski definition) is 2. The average Bonchev–Trinajstić information content (AvgIpc) is 2.74. The summed E-state index contributed by atoms with van der Waals surface area (Å²) in [5.74, 6) is -1.91. The van der Waals surface area contributed by atoms with E-state index >= 15 is 0 Å². The molecule has 0 aliphatic heterocycles. The number of halogens is 1. The zero-order valence-corrected chi connectivity index (χ0v) is 19.8. The molecule has 32 heavy (non-hydrogen) atoms. The summed E-state index contributed by atoms with van der Waals surface area (Å²) in [4.78, 5) is 10.8. The van der Waals surface area contributed by atoms with E-state index in [0.29, 0.717) is 12.2 Å². The van der Waals surface area contributed by atoms with Crippen LogP contribution in [0, 0.1) is 5.82 Å². The van der Waals surface area contributed by atoms with Crippen LogP contribution in [0.3, 0.4) is 0 Å². The lowest BCUT2D eigenvalue weighted by Crippen LogP contribution is -2.23. The Balaban J connectivity index is 2.56. The standard InChI is InChI=1S/C20H26FN3O6S2/c1-5-6-11-22-17-10-8-15(32(28,29)24(2)3)13-18(17)23-31(26,27)19-12-14(20(25)30-4)7-9-16(19)21/h7-10,12-13,22-23H,5-6,11H2,1-4H3. The van der Waals surface area contributed by atoms with Crippen molar-refractivity contribution in [3.63, 3.8) is 0 Å². The van der Waals surface area contributed by atoms with Gasteiger partial charge < -0.3 is 10.1 Å². The number of methoxy groups -OCH3 is 1. The van der Waals surface area contributed by atoms with Gasteiger partial charge in [0.1, 0.15) is 10.7 Å². The first-order chi connectivity index (χ1) is 14.9. The van der Waals surface area contributed by atoms with Crippen molar-refractivity contribution in [1.82, 2.24) is 4.31 Å². The zero-order valence-electron chi connectivity index (χ0n) is 18.2. The van der Waals surface area contributed by atoms with Gasteiger partial charge in [-0.1, -0.05) is 13.3 Å². The minimum atomic E-state index is -4.53. The van der Waals surface area contributed by atoms with E-state index in [9.17, 15) is 26.0 Å². The Hall–Kier alpha value is -2.70. The SMILES string of the molecule is CCCCNc1ccc(S(=O)(=O)N(C)C)cc1NS(=O)(=O)c1cc(C(=O)OC)ccc1F. The molecule has 176 valence electrons. The van der Waals surface area contributed by atoms with E-state index in [1.54, 1.807) is 0 Å². The average molecular weight is 488 g/mol. The molecule has 0 bridgehead atoms. The van der Waals surface area contributed by atoms with E-state index in [4.69, 9.17) is 0 Å². The first-order valence-corrected chi connectivity index (χ1v) is 12.6. The Bertz CT molecular complexity index is 1200. The van der Waals surface area contributed by atoms with Crippen molar-refractivity contribution in [3.8, 4) is 0 Å². The van der Waals surface area contributed by atoms with E-state index in [1.165, 1.54) is 26.2 Å².